The predicted molar refractivity (Wildman–Crippen MR) is 153 cm³/mol. The number of ketones is 1. The van der Waals surface area contributed by atoms with Crippen LogP contribution in [0.15, 0.2) is 47.3 Å². The molecule has 2 fully saturated rings. The van der Waals surface area contributed by atoms with Crippen LogP contribution in [-0.4, -0.2) is 59.3 Å². The maximum absolute atomic E-state index is 13.8. The van der Waals surface area contributed by atoms with Gasteiger partial charge in [0.15, 0.2) is 5.78 Å². The average molecular weight is 602 g/mol. The van der Waals surface area contributed by atoms with Gasteiger partial charge in [-0.05, 0) is 77.4 Å². The molecular weight excluding hydrogens is 574 g/mol. The Morgan fingerprint density at radius 3 is 2.55 bits per heavy atom. The fourth-order valence-electron chi connectivity index (χ4n) is 5.68. The van der Waals surface area contributed by atoms with Crippen LogP contribution in [0.2, 0.25) is 0 Å². The van der Waals surface area contributed by atoms with Crippen molar-refractivity contribution in [3.8, 4) is 11.1 Å². The average Bonchev–Trinajstić information content (AvgIpc) is 3.28. The first kappa shape index (κ1) is 26.2. The van der Waals surface area contributed by atoms with Gasteiger partial charge >= 0.3 is 0 Å². The van der Waals surface area contributed by atoms with Gasteiger partial charge in [-0.1, -0.05) is 19.1 Å². The van der Waals surface area contributed by atoms with E-state index < -0.39 is 6.04 Å². The lowest BCUT2D eigenvalue weighted by Gasteiger charge is -2.27. The monoisotopic (exact) mass is 601 g/mol. The molecule has 1 unspecified atom stereocenters. The van der Waals surface area contributed by atoms with Crippen LogP contribution in [0, 0.1) is 19.3 Å². The molecule has 0 bridgehead atoms. The Balaban J connectivity index is 1.29. The number of hydrogen-bond acceptors (Lipinski definition) is 7. The van der Waals surface area contributed by atoms with E-state index in [0.717, 1.165) is 23.1 Å². The zero-order chi connectivity index (χ0) is 28.3. The molecule has 1 aliphatic heterocycles. The largest absolute Gasteiger partial charge is 0.325 e. The fraction of sp³-hybridized carbons (Fsp3) is 0.345. The number of fused-ring (bicyclic) bond motifs is 2. The molecule has 0 spiro atoms. The number of piperidine rings is 1. The Kier molecular flexibility index (Phi) is 6.29. The molecule has 1 aromatic carbocycles. The van der Waals surface area contributed by atoms with E-state index in [2.05, 4.69) is 48.2 Å². The molecule has 11 heteroatoms. The zero-order valence-electron chi connectivity index (χ0n) is 22.6. The molecule has 40 heavy (non-hydrogen) atoms. The number of hydrogen-bond donors (Lipinski definition) is 1. The van der Waals surface area contributed by atoms with E-state index >= 15 is 0 Å². The van der Waals surface area contributed by atoms with Crippen molar-refractivity contribution in [1.29, 1.82) is 0 Å². The molecule has 3 atom stereocenters. The van der Waals surface area contributed by atoms with Crippen molar-refractivity contribution in [3.05, 3.63) is 64.4 Å². The summed E-state index contributed by atoms with van der Waals surface area (Å²) in [4.78, 5) is 54.3. The third-order valence-corrected chi connectivity index (χ3v) is 8.46. The number of amides is 2. The van der Waals surface area contributed by atoms with E-state index in [-0.39, 0.29) is 35.6 Å². The van der Waals surface area contributed by atoms with Crippen LogP contribution in [-0.2, 0) is 16.1 Å². The van der Waals surface area contributed by atoms with Gasteiger partial charge in [0, 0.05) is 36.3 Å². The van der Waals surface area contributed by atoms with Gasteiger partial charge in [-0.3, -0.25) is 19.1 Å². The first-order valence-corrected chi connectivity index (χ1v) is 13.9. The third kappa shape index (κ3) is 4.57. The van der Waals surface area contributed by atoms with Gasteiger partial charge in [-0.25, -0.2) is 15.0 Å². The lowest BCUT2D eigenvalue weighted by Crippen LogP contribution is -2.47. The molecular formula is C29H28BrN7O3. The Labute approximate surface area is 239 Å². The number of nitrogens with zero attached hydrogens (tertiary/aromatic N) is 6. The number of halogens is 1. The van der Waals surface area contributed by atoms with Gasteiger partial charge in [0.1, 0.15) is 34.5 Å². The predicted octanol–water partition coefficient (Wildman–Crippen LogP) is 4.49. The highest BCUT2D eigenvalue weighted by Gasteiger charge is 2.64. The number of pyridine rings is 1. The minimum atomic E-state index is -0.612. The number of aryl methyl sites for hydroxylation is 2. The molecule has 4 aromatic rings. The van der Waals surface area contributed by atoms with Crippen LogP contribution >= 0.6 is 15.9 Å². The smallest absolute Gasteiger partial charge is 0.248 e. The number of carbonyl (C=O) groups is 3. The summed E-state index contributed by atoms with van der Waals surface area (Å²) in [5.41, 5.74) is 3.38. The van der Waals surface area contributed by atoms with Crippen molar-refractivity contribution in [1.82, 2.24) is 29.6 Å². The van der Waals surface area contributed by atoms with Crippen molar-refractivity contribution in [2.45, 2.75) is 59.2 Å². The van der Waals surface area contributed by atoms with Crippen molar-refractivity contribution in [2.24, 2.45) is 5.41 Å². The quantitative estimate of drug-likeness (QED) is 0.255. The Morgan fingerprint density at radius 1 is 1.07 bits per heavy atom. The van der Waals surface area contributed by atoms with Gasteiger partial charge < -0.3 is 10.2 Å². The number of likely N-dealkylation sites (tertiary alicyclic amines) is 1. The van der Waals surface area contributed by atoms with Gasteiger partial charge in [0.2, 0.25) is 11.8 Å². The fourth-order valence-corrected chi connectivity index (χ4v) is 5.99. The van der Waals surface area contributed by atoms with Gasteiger partial charge in [-0.15, -0.1) is 0 Å². The summed E-state index contributed by atoms with van der Waals surface area (Å²) in [6, 6.07) is 8.71. The number of Topliss-reactive ketones (excluding diaryl/α,β-unsaturated/α-hetero) is 1. The second-order valence-electron chi connectivity index (χ2n) is 11.0. The molecule has 204 valence electrons. The van der Waals surface area contributed by atoms with Crippen molar-refractivity contribution < 1.29 is 14.4 Å². The maximum Gasteiger partial charge on any atom is 0.248 e. The molecule has 1 saturated carbocycles. The number of nitrogens with one attached hydrogen (secondary N) is 1. The van der Waals surface area contributed by atoms with Crippen LogP contribution in [0.4, 0.5) is 5.82 Å². The second kappa shape index (κ2) is 9.58. The highest BCUT2D eigenvalue weighted by Crippen LogP contribution is 2.59. The number of anilines is 1. The first-order valence-electron chi connectivity index (χ1n) is 13.1. The van der Waals surface area contributed by atoms with Crippen LogP contribution in [0.25, 0.3) is 22.0 Å². The van der Waals surface area contributed by atoms with Crippen molar-refractivity contribution >= 4 is 50.2 Å². The van der Waals surface area contributed by atoms with Crippen LogP contribution < -0.4 is 5.32 Å². The van der Waals surface area contributed by atoms with Crippen molar-refractivity contribution in [3.63, 3.8) is 0 Å². The number of benzene rings is 1. The Hall–Kier alpha value is -3.99. The lowest BCUT2D eigenvalue weighted by atomic mass is 10.0. The summed E-state index contributed by atoms with van der Waals surface area (Å²) in [6.07, 6.45) is 4.92. The van der Waals surface area contributed by atoms with Gasteiger partial charge in [-0.2, -0.15) is 5.10 Å². The topological polar surface area (TPSA) is 123 Å². The van der Waals surface area contributed by atoms with Crippen LogP contribution in [0.1, 0.15) is 48.6 Å². The summed E-state index contributed by atoms with van der Waals surface area (Å²) >= 11 is 3.35. The molecule has 0 radical (unpaired) electrons. The van der Waals surface area contributed by atoms with E-state index in [0.29, 0.717) is 39.3 Å². The summed E-state index contributed by atoms with van der Waals surface area (Å²) in [5, 5.41) is 8.11. The van der Waals surface area contributed by atoms with Crippen LogP contribution in [0.3, 0.4) is 0 Å². The highest BCUT2D eigenvalue weighted by molar-refractivity contribution is 9.10. The third-order valence-electron chi connectivity index (χ3n) is 8.01. The van der Waals surface area contributed by atoms with Crippen LogP contribution in [0.5, 0.6) is 0 Å². The Bertz CT molecular complexity index is 1700. The standard InChI is InChI=1S/C29H28BrN7O3/c1-15-5-8-24(30)33-27(15)34-28(40)22-10-29(4)11-23(29)37(22)25(39)14-36-21-7-6-18(19-12-31-17(3)32-13-19)9-20(21)26(35-36)16(2)38/h5-9,12-13,22-23H,10-11,14H2,1-4H3,(H,33,34,40)/t22?,23-,29+/m1/s1. The van der Waals surface area contributed by atoms with E-state index in [1.54, 1.807) is 22.0 Å². The molecule has 1 saturated heterocycles. The Morgan fingerprint density at radius 2 is 1.82 bits per heavy atom. The molecule has 1 aliphatic carbocycles. The molecule has 1 N–H and O–H groups in total. The minimum Gasteiger partial charge on any atom is -0.325 e. The SMILES string of the molecule is CC(=O)c1nn(CC(=O)N2C(C(=O)Nc3nc(Br)ccc3C)C[C@@]3(C)C[C@@H]23)c2ccc(-c3cnc(C)nc3)cc12. The first-order chi connectivity index (χ1) is 19.0. The molecule has 2 amide bonds. The molecule has 10 nitrogen and oxygen atoms in total. The summed E-state index contributed by atoms with van der Waals surface area (Å²) in [5.74, 6) is 0.482. The summed E-state index contributed by atoms with van der Waals surface area (Å²) < 4.78 is 2.18. The maximum atomic E-state index is 13.8. The van der Waals surface area contributed by atoms with Gasteiger partial charge in [0.25, 0.3) is 0 Å². The number of rotatable bonds is 6. The minimum absolute atomic E-state index is 0.00504. The lowest BCUT2D eigenvalue weighted by molar-refractivity contribution is -0.138. The van der Waals surface area contributed by atoms with E-state index in [9.17, 15) is 14.4 Å². The van der Waals surface area contributed by atoms with E-state index in [4.69, 9.17) is 0 Å². The van der Waals surface area contributed by atoms with Crippen molar-refractivity contribution in [2.75, 3.05) is 5.32 Å². The zero-order valence-corrected chi connectivity index (χ0v) is 24.2. The van der Waals surface area contributed by atoms with E-state index in [1.165, 1.54) is 6.92 Å². The summed E-state index contributed by atoms with van der Waals surface area (Å²) in [7, 11) is 0. The number of aromatic nitrogens is 5. The second-order valence-corrected chi connectivity index (χ2v) is 11.8. The van der Waals surface area contributed by atoms with Gasteiger partial charge in [0.05, 0.1) is 5.52 Å². The normalized spacial score (nSPS) is 21.4. The highest BCUT2D eigenvalue weighted by atomic mass is 79.9. The molecule has 4 heterocycles. The van der Waals surface area contributed by atoms with E-state index in [1.807, 2.05) is 44.2 Å². The summed E-state index contributed by atoms with van der Waals surface area (Å²) in [6.45, 7) is 7.18. The molecule has 6 rings (SSSR count). The molecule has 3 aromatic heterocycles. The molecule has 2 aliphatic rings. The number of carbonyl (C=O) groups excluding carboxylic acids is 3.